The molecule has 0 aliphatic rings. The van der Waals surface area contributed by atoms with Gasteiger partial charge in [0.1, 0.15) is 5.82 Å². The van der Waals surface area contributed by atoms with Crippen molar-refractivity contribution in [3.63, 3.8) is 0 Å². The van der Waals surface area contributed by atoms with Gasteiger partial charge in [-0.15, -0.1) is 11.3 Å². The van der Waals surface area contributed by atoms with Crippen molar-refractivity contribution in [2.45, 2.75) is 6.92 Å². The molecule has 0 spiro atoms. The van der Waals surface area contributed by atoms with E-state index in [4.69, 9.17) is 0 Å². The van der Waals surface area contributed by atoms with E-state index in [1.165, 1.54) is 17.4 Å². The Morgan fingerprint density at radius 3 is 2.62 bits per heavy atom. The Hall–Kier alpha value is -2.33. The molecule has 3 rings (SSSR count). The van der Waals surface area contributed by atoms with E-state index in [0.29, 0.717) is 27.4 Å². The van der Waals surface area contributed by atoms with E-state index in [-0.39, 0.29) is 11.6 Å². The second kappa shape index (κ2) is 5.58. The van der Waals surface area contributed by atoms with Crippen molar-refractivity contribution in [1.29, 1.82) is 0 Å². The predicted molar refractivity (Wildman–Crippen MR) is 82.1 cm³/mol. The van der Waals surface area contributed by atoms with Gasteiger partial charge in [0.05, 0.1) is 5.69 Å². The first-order chi connectivity index (χ1) is 10.1. The summed E-state index contributed by atoms with van der Waals surface area (Å²) >= 11 is 1.27. The number of halogens is 1. The summed E-state index contributed by atoms with van der Waals surface area (Å²) in [7, 11) is 0. The average molecular weight is 297 g/mol. The molecule has 0 saturated carbocycles. The molecule has 0 saturated heterocycles. The Kier molecular flexibility index (Phi) is 3.62. The Morgan fingerprint density at radius 1 is 1.14 bits per heavy atom. The smallest absolute Gasteiger partial charge is 0.221 e. The van der Waals surface area contributed by atoms with Gasteiger partial charge in [-0.1, -0.05) is 42.5 Å². The molecule has 1 heterocycles. The van der Waals surface area contributed by atoms with Gasteiger partial charge in [0, 0.05) is 16.5 Å². The highest BCUT2D eigenvalue weighted by atomic mass is 32.1. The third-order valence-electron chi connectivity index (χ3n) is 3.20. The lowest BCUT2D eigenvalue weighted by molar-refractivity contribution is 0.103. The van der Waals surface area contributed by atoms with Gasteiger partial charge in [0.25, 0.3) is 0 Å². The van der Waals surface area contributed by atoms with Gasteiger partial charge < -0.3 is 0 Å². The molecule has 0 amide bonds. The second-order valence-electron chi connectivity index (χ2n) is 4.70. The van der Waals surface area contributed by atoms with Crippen LogP contribution >= 0.6 is 11.3 Å². The van der Waals surface area contributed by atoms with Crippen molar-refractivity contribution in [2.75, 3.05) is 0 Å². The van der Waals surface area contributed by atoms with Crippen molar-refractivity contribution in [3.8, 4) is 11.3 Å². The number of hydrogen-bond donors (Lipinski definition) is 0. The van der Waals surface area contributed by atoms with Crippen LogP contribution in [0, 0.1) is 12.7 Å². The van der Waals surface area contributed by atoms with Gasteiger partial charge in [-0.3, -0.25) is 4.79 Å². The third-order valence-corrected chi connectivity index (χ3v) is 4.04. The predicted octanol–water partition coefficient (Wildman–Crippen LogP) is 4.49. The normalized spacial score (nSPS) is 10.6. The summed E-state index contributed by atoms with van der Waals surface area (Å²) in [6.07, 6.45) is 0. The Labute approximate surface area is 125 Å². The molecule has 0 aliphatic carbocycles. The molecule has 0 unspecified atom stereocenters. The minimum absolute atomic E-state index is 0.112. The van der Waals surface area contributed by atoms with Crippen LogP contribution in [-0.2, 0) is 0 Å². The minimum atomic E-state index is -0.267. The lowest BCUT2D eigenvalue weighted by Crippen LogP contribution is -2.00. The number of carbonyl (C=O) groups is 1. The molecule has 1 aromatic heterocycles. The lowest BCUT2D eigenvalue weighted by atomic mass is 10.1. The Balaban J connectivity index is 1.93. The summed E-state index contributed by atoms with van der Waals surface area (Å²) in [5.74, 6) is -0.379. The standard InChI is InChI=1S/C17H12FNOS/c1-11-7-8-13(9-14(11)18)15-10-21-17(19-15)16(20)12-5-3-2-4-6-12/h2-10H,1H3. The lowest BCUT2D eigenvalue weighted by Gasteiger charge is -2.00. The summed E-state index contributed by atoms with van der Waals surface area (Å²) in [6, 6.07) is 14.0. The fraction of sp³-hybridized carbons (Fsp3) is 0.0588. The van der Waals surface area contributed by atoms with Gasteiger partial charge in [0.15, 0.2) is 5.01 Å². The monoisotopic (exact) mass is 297 g/mol. The highest BCUT2D eigenvalue weighted by Crippen LogP contribution is 2.25. The van der Waals surface area contributed by atoms with Crippen LogP contribution in [0.5, 0.6) is 0 Å². The fourth-order valence-electron chi connectivity index (χ4n) is 1.98. The van der Waals surface area contributed by atoms with Crippen LogP contribution < -0.4 is 0 Å². The molecule has 2 nitrogen and oxygen atoms in total. The van der Waals surface area contributed by atoms with Crippen molar-refractivity contribution < 1.29 is 9.18 Å². The topological polar surface area (TPSA) is 30.0 Å². The SMILES string of the molecule is Cc1ccc(-c2csc(C(=O)c3ccccc3)n2)cc1F. The van der Waals surface area contributed by atoms with Crippen LogP contribution in [0.2, 0.25) is 0 Å². The Morgan fingerprint density at radius 2 is 1.90 bits per heavy atom. The molecule has 21 heavy (non-hydrogen) atoms. The van der Waals surface area contributed by atoms with Crippen LogP contribution in [0.3, 0.4) is 0 Å². The van der Waals surface area contributed by atoms with E-state index < -0.39 is 0 Å². The van der Waals surface area contributed by atoms with E-state index in [2.05, 4.69) is 4.98 Å². The number of hydrogen-bond acceptors (Lipinski definition) is 3. The molecular formula is C17H12FNOS. The van der Waals surface area contributed by atoms with Crippen LogP contribution in [0.15, 0.2) is 53.9 Å². The number of thiazole rings is 1. The van der Waals surface area contributed by atoms with Crippen molar-refractivity contribution in [2.24, 2.45) is 0 Å². The van der Waals surface area contributed by atoms with Crippen LogP contribution in [0.25, 0.3) is 11.3 Å². The van der Waals surface area contributed by atoms with Crippen LogP contribution in [0.1, 0.15) is 20.9 Å². The van der Waals surface area contributed by atoms with Gasteiger partial charge in [-0.05, 0) is 18.6 Å². The van der Waals surface area contributed by atoms with E-state index in [1.54, 1.807) is 30.5 Å². The number of rotatable bonds is 3. The zero-order valence-corrected chi connectivity index (χ0v) is 12.2. The maximum absolute atomic E-state index is 13.6. The molecule has 0 atom stereocenters. The highest BCUT2D eigenvalue weighted by Gasteiger charge is 2.14. The molecule has 0 aliphatic heterocycles. The first kappa shape index (κ1) is 13.6. The van der Waals surface area contributed by atoms with Crippen molar-refractivity contribution >= 4 is 17.1 Å². The molecule has 0 radical (unpaired) electrons. The number of benzene rings is 2. The number of aromatic nitrogens is 1. The zero-order chi connectivity index (χ0) is 14.8. The van der Waals surface area contributed by atoms with Gasteiger partial charge in [0.2, 0.25) is 5.78 Å². The first-order valence-electron chi connectivity index (χ1n) is 6.47. The third kappa shape index (κ3) is 2.76. The molecule has 0 N–H and O–H groups in total. The summed E-state index contributed by atoms with van der Waals surface area (Å²) in [5.41, 5.74) is 2.50. The number of nitrogens with zero attached hydrogens (tertiary/aromatic N) is 1. The Bertz CT molecular complexity index is 796. The van der Waals surface area contributed by atoms with Gasteiger partial charge in [-0.2, -0.15) is 0 Å². The van der Waals surface area contributed by atoms with E-state index >= 15 is 0 Å². The molecule has 104 valence electrons. The van der Waals surface area contributed by atoms with E-state index in [1.807, 2.05) is 24.3 Å². The first-order valence-corrected chi connectivity index (χ1v) is 7.35. The fourth-order valence-corrected chi connectivity index (χ4v) is 2.76. The molecule has 2 aromatic carbocycles. The van der Waals surface area contributed by atoms with Crippen LogP contribution in [0.4, 0.5) is 4.39 Å². The molecular weight excluding hydrogens is 285 g/mol. The average Bonchev–Trinajstić information content (AvgIpc) is 3.00. The molecule has 4 heteroatoms. The summed E-state index contributed by atoms with van der Waals surface area (Å²) < 4.78 is 13.6. The van der Waals surface area contributed by atoms with E-state index in [0.717, 1.165) is 0 Å². The maximum atomic E-state index is 13.6. The minimum Gasteiger partial charge on any atom is -0.286 e. The molecule has 0 fully saturated rings. The zero-order valence-electron chi connectivity index (χ0n) is 11.3. The molecule has 3 aromatic rings. The number of carbonyl (C=O) groups excluding carboxylic acids is 1. The summed E-state index contributed by atoms with van der Waals surface area (Å²) in [5, 5.41) is 2.19. The highest BCUT2D eigenvalue weighted by molar-refractivity contribution is 7.12. The molecule has 0 bridgehead atoms. The largest absolute Gasteiger partial charge is 0.286 e. The maximum Gasteiger partial charge on any atom is 0.221 e. The van der Waals surface area contributed by atoms with Gasteiger partial charge >= 0.3 is 0 Å². The van der Waals surface area contributed by atoms with Crippen molar-refractivity contribution in [3.05, 3.63) is 75.9 Å². The summed E-state index contributed by atoms with van der Waals surface area (Å²) in [4.78, 5) is 16.6. The van der Waals surface area contributed by atoms with Crippen molar-refractivity contribution in [1.82, 2.24) is 4.98 Å². The van der Waals surface area contributed by atoms with E-state index in [9.17, 15) is 9.18 Å². The van der Waals surface area contributed by atoms with Gasteiger partial charge in [-0.25, -0.2) is 9.37 Å². The quantitative estimate of drug-likeness (QED) is 0.667. The second-order valence-corrected chi connectivity index (χ2v) is 5.56. The number of aryl methyl sites for hydroxylation is 1. The number of ketones is 1. The summed E-state index contributed by atoms with van der Waals surface area (Å²) in [6.45, 7) is 1.71. The van der Waals surface area contributed by atoms with Crippen LogP contribution in [-0.4, -0.2) is 10.8 Å².